The van der Waals surface area contributed by atoms with E-state index in [0.717, 1.165) is 6.04 Å². The van der Waals surface area contributed by atoms with Crippen LogP contribution in [0.3, 0.4) is 0 Å². The minimum atomic E-state index is 0.644. The van der Waals surface area contributed by atoms with Crippen molar-refractivity contribution in [1.29, 1.82) is 0 Å². The standard InChI is InChI=1S/C8H16N2/c1-3-7(4-1)10-8-5-2-6-9-8/h7-10H,1-6H2. The van der Waals surface area contributed by atoms with Crippen molar-refractivity contribution in [3.8, 4) is 0 Å². The van der Waals surface area contributed by atoms with Gasteiger partial charge in [-0.3, -0.25) is 5.32 Å². The first kappa shape index (κ1) is 6.62. The molecule has 0 aromatic heterocycles. The molecule has 2 fully saturated rings. The summed E-state index contributed by atoms with van der Waals surface area (Å²) < 4.78 is 0. The van der Waals surface area contributed by atoms with Crippen molar-refractivity contribution < 1.29 is 0 Å². The summed E-state index contributed by atoms with van der Waals surface area (Å²) in [6.45, 7) is 1.21. The van der Waals surface area contributed by atoms with Gasteiger partial charge in [0.05, 0.1) is 6.17 Å². The van der Waals surface area contributed by atoms with Crippen molar-refractivity contribution in [2.75, 3.05) is 6.54 Å². The van der Waals surface area contributed by atoms with E-state index in [9.17, 15) is 0 Å². The van der Waals surface area contributed by atoms with Crippen LogP contribution < -0.4 is 10.6 Å². The smallest absolute Gasteiger partial charge is 0.0574 e. The molecule has 2 aliphatic rings. The second-order valence-electron chi connectivity index (χ2n) is 3.44. The average molecular weight is 140 g/mol. The Labute approximate surface area is 62.4 Å². The summed E-state index contributed by atoms with van der Waals surface area (Å²) in [5.41, 5.74) is 0. The van der Waals surface area contributed by atoms with E-state index in [4.69, 9.17) is 0 Å². The van der Waals surface area contributed by atoms with Crippen molar-refractivity contribution in [1.82, 2.24) is 10.6 Å². The van der Waals surface area contributed by atoms with Crippen molar-refractivity contribution in [3.63, 3.8) is 0 Å². The fourth-order valence-electron chi connectivity index (χ4n) is 1.69. The maximum absolute atomic E-state index is 3.60. The summed E-state index contributed by atoms with van der Waals surface area (Å²) in [6.07, 6.45) is 7.56. The highest BCUT2D eigenvalue weighted by Gasteiger charge is 2.22. The Balaban J connectivity index is 1.68. The number of hydrogen-bond donors (Lipinski definition) is 2. The Morgan fingerprint density at radius 2 is 2.00 bits per heavy atom. The lowest BCUT2D eigenvalue weighted by atomic mass is 9.93. The molecule has 0 amide bonds. The van der Waals surface area contributed by atoms with Gasteiger partial charge in [-0.25, -0.2) is 0 Å². The van der Waals surface area contributed by atoms with Gasteiger partial charge in [-0.05, 0) is 32.2 Å². The molecule has 0 bridgehead atoms. The van der Waals surface area contributed by atoms with Crippen LogP contribution in [0.15, 0.2) is 0 Å². The Kier molecular flexibility index (Phi) is 1.91. The molecule has 2 nitrogen and oxygen atoms in total. The molecule has 1 saturated carbocycles. The molecule has 1 heterocycles. The molecule has 10 heavy (non-hydrogen) atoms. The van der Waals surface area contributed by atoms with Crippen LogP contribution in [0.5, 0.6) is 0 Å². The topological polar surface area (TPSA) is 24.1 Å². The fourth-order valence-corrected chi connectivity index (χ4v) is 1.69. The summed E-state index contributed by atoms with van der Waals surface area (Å²) in [7, 11) is 0. The second-order valence-corrected chi connectivity index (χ2v) is 3.44. The zero-order valence-corrected chi connectivity index (χ0v) is 6.40. The van der Waals surface area contributed by atoms with E-state index >= 15 is 0 Å². The highest BCUT2D eigenvalue weighted by Crippen LogP contribution is 2.19. The van der Waals surface area contributed by atoms with Crippen molar-refractivity contribution >= 4 is 0 Å². The first-order valence-electron chi connectivity index (χ1n) is 4.44. The van der Waals surface area contributed by atoms with Crippen LogP contribution in [0.25, 0.3) is 0 Å². The lowest BCUT2D eigenvalue weighted by Gasteiger charge is -2.29. The van der Waals surface area contributed by atoms with Gasteiger partial charge in [-0.2, -0.15) is 0 Å². The molecule has 1 atom stereocenters. The molecule has 0 spiro atoms. The Morgan fingerprint density at radius 3 is 2.50 bits per heavy atom. The minimum Gasteiger partial charge on any atom is -0.302 e. The summed E-state index contributed by atoms with van der Waals surface area (Å²) in [4.78, 5) is 0. The molecule has 2 rings (SSSR count). The molecule has 58 valence electrons. The van der Waals surface area contributed by atoms with Crippen molar-refractivity contribution in [2.45, 2.75) is 44.3 Å². The van der Waals surface area contributed by atoms with Crippen LogP contribution >= 0.6 is 0 Å². The lowest BCUT2D eigenvalue weighted by Crippen LogP contribution is -2.46. The van der Waals surface area contributed by atoms with Crippen LogP contribution in [-0.2, 0) is 0 Å². The van der Waals surface area contributed by atoms with Gasteiger partial charge < -0.3 is 5.32 Å². The molecule has 1 unspecified atom stereocenters. The molecular formula is C8H16N2. The predicted octanol–water partition coefficient (Wildman–Crippen LogP) is 0.838. The summed E-state index contributed by atoms with van der Waals surface area (Å²) in [5, 5.41) is 7.05. The normalized spacial score (nSPS) is 34.2. The average Bonchev–Trinajstić information content (AvgIpc) is 2.29. The van der Waals surface area contributed by atoms with E-state index in [-0.39, 0.29) is 0 Å². The molecule has 0 radical (unpaired) electrons. The van der Waals surface area contributed by atoms with Gasteiger partial charge in [0.1, 0.15) is 0 Å². The second kappa shape index (κ2) is 2.89. The molecular weight excluding hydrogens is 124 g/mol. The third-order valence-electron chi connectivity index (χ3n) is 2.60. The SMILES string of the molecule is C1CC(NC2CCCN2)C1. The maximum atomic E-state index is 3.60. The minimum absolute atomic E-state index is 0.644. The van der Waals surface area contributed by atoms with E-state index in [1.807, 2.05) is 0 Å². The van der Waals surface area contributed by atoms with Crippen LogP contribution in [-0.4, -0.2) is 18.8 Å². The summed E-state index contributed by atoms with van der Waals surface area (Å²) in [5.74, 6) is 0. The van der Waals surface area contributed by atoms with Gasteiger partial charge in [0.2, 0.25) is 0 Å². The zero-order valence-electron chi connectivity index (χ0n) is 6.40. The zero-order chi connectivity index (χ0) is 6.81. The van der Waals surface area contributed by atoms with E-state index in [1.165, 1.54) is 38.6 Å². The molecule has 1 aliphatic carbocycles. The highest BCUT2D eigenvalue weighted by atomic mass is 15.2. The third kappa shape index (κ3) is 1.32. The molecule has 1 saturated heterocycles. The van der Waals surface area contributed by atoms with Crippen LogP contribution in [0.2, 0.25) is 0 Å². The maximum Gasteiger partial charge on any atom is 0.0574 e. The van der Waals surface area contributed by atoms with Crippen LogP contribution in [0, 0.1) is 0 Å². The molecule has 0 aromatic rings. The largest absolute Gasteiger partial charge is 0.302 e. The van der Waals surface area contributed by atoms with Gasteiger partial charge in [0.15, 0.2) is 0 Å². The Morgan fingerprint density at radius 1 is 1.10 bits per heavy atom. The Hall–Kier alpha value is -0.0800. The van der Waals surface area contributed by atoms with E-state index in [1.54, 1.807) is 0 Å². The molecule has 2 heteroatoms. The van der Waals surface area contributed by atoms with Crippen molar-refractivity contribution in [2.24, 2.45) is 0 Å². The number of hydrogen-bond acceptors (Lipinski definition) is 2. The number of nitrogens with one attached hydrogen (secondary N) is 2. The van der Waals surface area contributed by atoms with E-state index < -0.39 is 0 Å². The fraction of sp³-hybridized carbons (Fsp3) is 1.00. The number of rotatable bonds is 2. The first-order chi connectivity index (χ1) is 4.95. The molecule has 2 N–H and O–H groups in total. The van der Waals surface area contributed by atoms with Gasteiger partial charge in [0, 0.05) is 6.04 Å². The van der Waals surface area contributed by atoms with Gasteiger partial charge in [-0.1, -0.05) is 6.42 Å². The van der Waals surface area contributed by atoms with E-state index in [0.29, 0.717) is 6.17 Å². The van der Waals surface area contributed by atoms with Crippen LogP contribution in [0.4, 0.5) is 0 Å². The first-order valence-corrected chi connectivity index (χ1v) is 4.44. The van der Waals surface area contributed by atoms with Crippen LogP contribution in [0.1, 0.15) is 32.1 Å². The monoisotopic (exact) mass is 140 g/mol. The van der Waals surface area contributed by atoms with Gasteiger partial charge in [0.25, 0.3) is 0 Å². The molecule has 0 aromatic carbocycles. The molecule has 1 aliphatic heterocycles. The van der Waals surface area contributed by atoms with E-state index in [2.05, 4.69) is 10.6 Å². The van der Waals surface area contributed by atoms with Gasteiger partial charge >= 0.3 is 0 Å². The lowest BCUT2D eigenvalue weighted by molar-refractivity contribution is 0.293. The highest BCUT2D eigenvalue weighted by molar-refractivity contribution is 4.82. The summed E-state index contributed by atoms with van der Waals surface area (Å²) >= 11 is 0. The summed E-state index contributed by atoms with van der Waals surface area (Å²) in [6, 6.07) is 0.843. The predicted molar refractivity (Wildman–Crippen MR) is 41.8 cm³/mol. The Bertz CT molecular complexity index is 104. The van der Waals surface area contributed by atoms with Crippen molar-refractivity contribution in [3.05, 3.63) is 0 Å². The quantitative estimate of drug-likeness (QED) is 0.594. The third-order valence-corrected chi connectivity index (χ3v) is 2.60. The van der Waals surface area contributed by atoms with Gasteiger partial charge in [-0.15, -0.1) is 0 Å².